The van der Waals surface area contributed by atoms with Crippen LogP contribution in [0, 0.1) is 11.8 Å². The predicted octanol–water partition coefficient (Wildman–Crippen LogP) is 2.59. The van der Waals surface area contributed by atoms with Crippen LogP contribution in [-0.4, -0.2) is 13.1 Å². The first kappa shape index (κ1) is 9.79. The Labute approximate surface area is 76.2 Å². The summed E-state index contributed by atoms with van der Waals surface area (Å²) in [5.74, 6) is 1.60. The molecule has 12 heavy (non-hydrogen) atoms. The molecule has 3 atom stereocenters. The zero-order valence-corrected chi connectivity index (χ0v) is 8.56. The van der Waals surface area contributed by atoms with E-state index in [-0.39, 0.29) is 0 Å². The fourth-order valence-corrected chi connectivity index (χ4v) is 2.17. The van der Waals surface area contributed by atoms with E-state index in [0.717, 1.165) is 11.8 Å². The molecule has 1 aliphatic rings. The van der Waals surface area contributed by atoms with Gasteiger partial charge in [-0.1, -0.05) is 19.1 Å². The van der Waals surface area contributed by atoms with Crippen LogP contribution < -0.4 is 5.32 Å². The Morgan fingerprint density at radius 1 is 1.42 bits per heavy atom. The van der Waals surface area contributed by atoms with Gasteiger partial charge in [-0.2, -0.15) is 0 Å². The van der Waals surface area contributed by atoms with Crippen LogP contribution in [0.4, 0.5) is 0 Å². The van der Waals surface area contributed by atoms with E-state index in [2.05, 4.69) is 32.8 Å². The Hall–Kier alpha value is -0.300. The quantitative estimate of drug-likeness (QED) is 0.623. The SMILES string of the molecule is C=C(C)[C@H]1CC[C@H](C)[C@@H](NC)C1. The van der Waals surface area contributed by atoms with Crippen molar-refractivity contribution in [2.75, 3.05) is 7.05 Å². The molecule has 0 spiro atoms. The summed E-state index contributed by atoms with van der Waals surface area (Å²) < 4.78 is 0. The molecule has 0 aliphatic heterocycles. The van der Waals surface area contributed by atoms with Crippen LogP contribution in [0.1, 0.15) is 33.1 Å². The molecule has 0 heterocycles. The standard InChI is InChI=1S/C11H21N/c1-8(2)10-6-5-9(3)11(7-10)12-4/h9-12H,1,5-7H2,2-4H3/t9-,10-,11-/m0/s1. The average Bonchev–Trinajstić information content (AvgIpc) is 2.05. The minimum absolute atomic E-state index is 0.709. The van der Waals surface area contributed by atoms with Crippen LogP contribution in [0.2, 0.25) is 0 Å². The summed E-state index contributed by atoms with van der Waals surface area (Å²) in [6.45, 7) is 8.55. The zero-order valence-electron chi connectivity index (χ0n) is 8.56. The molecule has 1 fully saturated rings. The van der Waals surface area contributed by atoms with E-state index >= 15 is 0 Å². The lowest BCUT2D eigenvalue weighted by atomic mass is 9.77. The van der Waals surface area contributed by atoms with Crippen LogP contribution in [0.15, 0.2) is 12.2 Å². The highest BCUT2D eigenvalue weighted by atomic mass is 14.9. The Balaban J connectivity index is 2.49. The van der Waals surface area contributed by atoms with Crippen LogP contribution in [0.3, 0.4) is 0 Å². The van der Waals surface area contributed by atoms with Crippen LogP contribution in [-0.2, 0) is 0 Å². The Morgan fingerprint density at radius 3 is 2.58 bits per heavy atom. The van der Waals surface area contributed by atoms with Crippen molar-refractivity contribution in [1.82, 2.24) is 5.32 Å². The monoisotopic (exact) mass is 167 g/mol. The van der Waals surface area contributed by atoms with Crippen LogP contribution in [0.5, 0.6) is 0 Å². The first-order valence-electron chi connectivity index (χ1n) is 4.97. The van der Waals surface area contributed by atoms with E-state index in [0.29, 0.717) is 6.04 Å². The van der Waals surface area contributed by atoms with Gasteiger partial charge in [0.15, 0.2) is 0 Å². The summed E-state index contributed by atoms with van der Waals surface area (Å²) >= 11 is 0. The molecule has 70 valence electrons. The number of allylic oxidation sites excluding steroid dienone is 1. The van der Waals surface area contributed by atoms with Gasteiger partial charge in [-0.25, -0.2) is 0 Å². The summed E-state index contributed by atoms with van der Waals surface area (Å²) in [7, 11) is 2.07. The molecule has 0 unspecified atom stereocenters. The highest BCUT2D eigenvalue weighted by Crippen LogP contribution is 2.32. The van der Waals surface area contributed by atoms with Crippen molar-refractivity contribution in [3.8, 4) is 0 Å². The largest absolute Gasteiger partial charge is 0.317 e. The summed E-state index contributed by atoms with van der Waals surface area (Å²) in [5, 5.41) is 3.40. The average molecular weight is 167 g/mol. The number of nitrogens with one attached hydrogen (secondary N) is 1. The number of hydrogen-bond acceptors (Lipinski definition) is 1. The van der Waals surface area contributed by atoms with E-state index < -0.39 is 0 Å². The molecular formula is C11H21N. The lowest BCUT2D eigenvalue weighted by Gasteiger charge is -2.34. The third-order valence-electron chi connectivity index (χ3n) is 3.26. The normalized spacial score (nSPS) is 36.4. The van der Waals surface area contributed by atoms with Gasteiger partial charge in [0.05, 0.1) is 0 Å². The Bertz CT molecular complexity index is 162. The van der Waals surface area contributed by atoms with Crippen LogP contribution >= 0.6 is 0 Å². The van der Waals surface area contributed by atoms with Crippen LogP contribution in [0.25, 0.3) is 0 Å². The van der Waals surface area contributed by atoms with Gasteiger partial charge < -0.3 is 5.32 Å². The van der Waals surface area contributed by atoms with Crippen molar-refractivity contribution < 1.29 is 0 Å². The van der Waals surface area contributed by atoms with Gasteiger partial charge in [0, 0.05) is 6.04 Å². The number of rotatable bonds is 2. The second-order valence-corrected chi connectivity index (χ2v) is 4.23. The fraction of sp³-hybridized carbons (Fsp3) is 0.818. The summed E-state index contributed by atoms with van der Waals surface area (Å²) in [6, 6.07) is 0.709. The number of hydrogen-bond donors (Lipinski definition) is 1. The van der Waals surface area contributed by atoms with E-state index in [9.17, 15) is 0 Å². The third-order valence-corrected chi connectivity index (χ3v) is 3.26. The van der Waals surface area contributed by atoms with Gasteiger partial charge in [0.25, 0.3) is 0 Å². The zero-order chi connectivity index (χ0) is 9.14. The molecule has 1 aliphatic carbocycles. The first-order valence-corrected chi connectivity index (χ1v) is 4.97. The minimum Gasteiger partial charge on any atom is -0.317 e. The lowest BCUT2D eigenvalue weighted by Crippen LogP contribution is -2.37. The maximum atomic E-state index is 4.04. The molecule has 0 aromatic rings. The van der Waals surface area contributed by atoms with Crippen molar-refractivity contribution in [2.45, 2.75) is 39.2 Å². The van der Waals surface area contributed by atoms with Gasteiger partial charge in [0.2, 0.25) is 0 Å². The van der Waals surface area contributed by atoms with Crippen molar-refractivity contribution in [2.24, 2.45) is 11.8 Å². The molecule has 0 saturated heterocycles. The molecule has 0 radical (unpaired) electrons. The van der Waals surface area contributed by atoms with Gasteiger partial charge in [-0.3, -0.25) is 0 Å². The summed E-state index contributed by atoms with van der Waals surface area (Å²) in [6.07, 6.45) is 3.98. The van der Waals surface area contributed by atoms with E-state index in [4.69, 9.17) is 0 Å². The fourth-order valence-electron chi connectivity index (χ4n) is 2.17. The molecule has 1 saturated carbocycles. The van der Waals surface area contributed by atoms with E-state index in [1.807, 2.05) is 0 Å². The predicted molar refractivity (Wildman–Crippen MR) is 54.2 cm³/mol. The minimum atomic E-state index is 0.709. The summed E-state index contributed by atoms with van der Waals surface area (Å²) in [4.78, 5) is 0. The van der Waals surface area contributed by atoms with E-state index in [1.165, 1.54) is 24.8 Å². The van der Waals surface area contributed by atoms with Crippen molar-refractivity contribution >= 4 is 0 Å². The first-order chi connectivity index (χ1) is 5.65. The van der Waals surface area contributed by atoms with Gasteiger partial charge in [0.1, 0.15) is 0 Å². The van der Waals surface area contributed by atoms with E-state index in [1.54, 1.807) is 0 Å². The smallest absolute Gasteiger partial charge is 0.00953 e. The topological polar surface area (TPSA) is 12.0 Å². The van der Waals surface area contributed by atoms with Gasteiger partial charge in [-0.05, 0) is 45.1 Å². The highest BCUT2D eigenvalue weighted by Gasteiger charge is 2.26. The second-order valence-electron chi connectivity index (χ2n) is 4.23. The summed E-state index contributed by atoms with van der Waals surface area (Å²) in [5.41, 5.74) is 1.36. The lowest BCUT2D eigenvalue weighted by molar-refractivity contribution is 0.248. The van der Waals surface area contributed by atoms with Crippen molar-refractivity contribution in [3.63, 3.8) is 0 Å². The van der Waals surface area contributed by atoms with Gasteiger partial charge in [-0.15, -0.1) is 0 Å². The van der Waals surface area contributed by atoms with Gasteiger partial charge >= 0.3 is 0 Å². The molecular weight excluding hydrogens is 146 g/mol. The molecule has 0 amide bonds. The van der Waals surface area contributed by atoms with Crippen molar-refractivity contribution in [1.29, 1.82) is 0 Å². The second kappa shape index (κ2) is 4.08. The van der Waals surface area contributed by atoms with Crippen molar-refractivity contribution in [3.05, 3.63) is 12.2 Å². The Kier molecular flexibility index (Phi) is 3.33. The molecule has 0 aromatic heterocycles. The maximum absolute atomic E-state index is 4.04. The molecule has 1 rings (SSSR count). The molecule has 0 bridgehead atoms. The maximum Gasteiger partial charge on any atom is 0.00953 e. The molecule has 1 nitrogen and oxygen atoms in total. The molecule has 0 aromatic carbocycles. The third kappa shape index (κ3) is 2.10. The molecule has 1 N–H and O–H groups in total. The highest BCUT2D eigenvalue weighted by molar-refractivity contribution is 5.00. The Morgan fingerprint density at radius 2 is 2.08 bits per heavy atom. The molecule has 1 heteroatoms.